The molecule has 13 heteroatoms. The number of hydrogen-bond acceptors (Lipinski definition) is 8. The van der Waals surface area contributed by atoms with Crippen LogP contribution in [0.5, 0.6) is 11.6 Å². The number of aliphatic carboxylic acids is 1. The summed E-state index contributed by atoms with van der Waals surface area (Å²) in [6.45, 7) is 2.51. The van der Waals surface area contributed by atoms with Gasteiger partial charge in [0, 0.05) is 36.3 Å². The predicted octanol–water partition coefficient (Wildman–Crippen LogP) is 5.54. The second kappa shape index (κ2) is 15.2. The van der Waals surface area contributed by atoms with Gasteiger partial charge in [0.25, 0.3) is 0 Å². The van der Waals surface area contributed by atoms with Gasteiger partial charge in [-0.2, -0.15) is 0 Å². The highest BCUT2D eigenvalue weighted by Crippen LogP contribution is 2.45. The third-order valence-electron chi connectivity index (χ3n) is 9.97. The number of hydrogen-bond donors (Lipinski definition) is 3. The van der Waals surface area contributed by atoms with E-state index >= 15 is 0 Å². The van der Waals surface area contributed by atoms with Crippen molar-refractivity contribution >= 4 is 46.4 Å². The molecular formula is C36H45ClN4O8. The fourth-order valence-electron chi connectivity index (χ4n) is 7.22. The number of ether oxygens (including phenoxy) is 3. The molecule has 3 heterocycles. The van der Waals surface area contributed by atoms with E-state index in [1.165, 1.54) is 4.90 Å². The molecule has 0 unspecified atom stereocenters. The van der Waals surface area contributed by atoms with Crippen molar-refractivity contribution in [1.82, 2.24) is 20.5 Å². The second-order valence-corrected chi connectivity index (χ2v) is 14.0. The molecule has 264 valence electrons. The maximum Gasteiger partial charge on any atom is 0.407 e. The van der Waals surface area contributed by atoms with Crippen molar-refractivity contribution in [2.45, 2.75) is 114 Å². The van der Waals surface area contributed by atoms with Gasteiger partial charge in [0.05, 0.1) is 23.7 Å². The van der Waals surface area contributed by atoms with Crippen LogP contribution in [0, 0.1) is 5.92 Å². The summed E-state index contributed by atoms with van der Waals surface area (Å²) in [7, 11) is 0. The first-order valence-corrected chi connectivity index (χ1v) is 17.9. The van der Waals surface area contributed by atoms with E-state index in [-0.39, 0.29) is 43.7 Å². The average Bonchev–Trinajstić information content (AvgIpc) is 3.35. The van der Waals surface area contributed by atoms with E-state index in [1.54, 1.807) is 18.2 Å². The number of carboxylic acids is 1. The molecule has 2 aliphatic heterocycles. The van der Waals surface area contributed by atoms with Gasteiger partial charge in [-0.1, -0.05) is 43.2 Å². The molecule has 4 aliphatic rings. The van der Waals surface area contributed by atoms with Crippen LogP contribution in [0.4, 0.5) is 4.79 Å². The molecule has 12 nitrogen and oxygen atoms in total. The fourth-order valence-corrected chi connectivity index (χ4v) is 7.43. The molecule has 2 aromatic rings. The first-order valence-electron chi connectivity index (χ1n) is 17.5. The van der Waals surface area contributed by atoms with E-state index in [4.69, 9.17) is 25.8 Å². The number of benzene rings is 1. The summed E-state index contributed by atoms with van der Waals surface area (Å²) >= 11 is 6.50. The maximum absolute atomic E-state index is 14.1. The van der Waals surface area contributed by atoms with Crippen molar-refractivity contribution in [2.75, 3.05) is 13.2 Å². The Hall–Kier alpha value is -4.06. The molecule has 0 spiro atoms. The standard InChI is InChI=1S/C36H45ClN4O8/c1-2-16-47-30-19-29(26-14-9-15-27(37)32(26)39-30)48-25-18-28-33(43)40-36(34(44)45)20-22(36)10-5-3-4-6-11-23(17-31(42)41(28)21-25)38-35(46)49-24-12-7-8-13-24/h5,9-10,14-15,19,22-25,28H,2-4,6-8,11-13,16-18,20-21H2,1H3,(H,38,46)(H,40,43)(H,44,45)/b10-5-/t22-,23+,25-,28+,36-/m1/s1. The van der Waals surface area contributed by atoms with E-state index in [0.717, 1.165) is 51.4 Å². The van der Waals surface area contributed by atoms with Crippen LogP contribution in [0.3, 0.4) is 0 Å². The lowest BCUT2D eigenvalue weighted by atomic mass is 10.0. The number of carbonyl (C=O) groups excluding carboxylic acids is 3. The number of carboxylic acid groups (broad SMARTS) is 1. The highest BCUT2D eigenvalue weighted by Gasteiger charge is 2.61. The number of rotatable bonds is 8. The Bertz CT molecular complexity index is 1600. The predicted molar refractivity (Wildman–Crippen MR) is 182 cm³/mol. The van der Waals surface area contributed by atoms with E-state index in [2.05, 4.69) is 15.6 Å². The Kier molecular flexibility index (Phi) is 10.8. The van der Waals surface area contributed by atoms with E-state index < -0.39 is 41.7 Å². The van der Waals surface area contributed by atoms with E-state index in [0.29, 0.717) is 40.6 Å². The van der Waals surface area contributed by atoms with Gasteiger partial charge in [0.1, 0.15) is 29.5 Å². The Labute approximate surface area is 290 Å². The smallest absolute Gasteiger partial charge is 0.407 e. The van der Waals surface area contributed by atoms with Gasteiger partial charge in [-0.3, -0.25) is 9.59 Å². The molecule has 3 fully saturated rings. The highest BCUT2D eigenvalue weighted by molar-refractivity contribution is 6.35. The second-order valence-electron chi connectivity index (χ2n) is 13.6. The van der Waals surface area contributed by atoms with Crippen LogP contribution in [-0.4, -0.2) is 81.8 Å². The molecule has 1 saturated heterocycles. The number of amides is 3. The van der Waals surface area contributed by atoms with Crippen LogP contribution in [0.25, 0.3) is 10.9 Å². The topological polar surface area (TPSA) is 156 Å². The maximum atomic E-state index is 14.1. The quantitative estimate of drug-likeness (QED) is 0.302. The van der Waals surface area contributed by atoms with Gasteiger partial charge in [-0.05, 0) is 69.9 Å². The molecule has 2 saturated carbocycles. The zero-order valence-electron chi connectivity index (χ0n) is 27.8. The van der Waals surface area contributed by atoms with Crippen LogP contribution in [0.15, 0.2) is 36.4 Å². The van der Waals surface area contributed by atoms with Crippen LogP contribution >= 0.6 is 11.6 Å². The van der Waals surface area contributed by atoms with Crippen molar-refractivity contribution < 1.29 is 38.5 Å². The zero-order valence-corrected chi connectivity index (χ0v) is 28.6. The number of carbonyl (C=O) groups is 4. The molecule has 0 bridgehead atoms. The van der Waals surface area contributed by atoms with Gasteiger partial charge >= 0.3 is 12.1 Å². The van der Waals surface area contributed by atoms with Crippen LogP contribution in [0.1, 0.15) is 84.0 Å². The molecule has 1 aromatic carbocycles. The summed E-state index contributed by atoms with van der Waals surface area (Å²) in [4.78, 5) is 59.3. The van der Waals surface area contributed by atoms with Crippen molar-refractivity contribution in [3.63, 3.8) is 0 Å². The summed E-state index contributed by atoms with van der Waals surface area (Å²) in [5.41, 5.74) is -0.914. The van der Waals surface area contributed by atoms with Gasteiger partial charge in [-0.15, -0.1) is 0 Å². The first-order chi connectivity index (χ1) is 23.7. The molecule has 3 amide bonds. The lowest BCUT2D eigenvalue weighted by Crippen LogP contribution is -2.53. The molecule has 49 heavy (non-hydrogen) atoms. The number of pyridine rings is 1. The van der Waals surface area contributed by atoms with Crippen molar-refractivity contribution in [2.24, 2.45) is 5.92 Å². The normalized spacial score (nSPS) is 28.4. The van der Waals surface area contributed by atoms with Crippen molar-refractivity contribution in [3.05, 3.63) is 41.4 Å². The fraction of sp³-hybridized carbons (Fsp3) is 0.583. The number of nitrogens with zero attached hydrogens (tertiary/aromatic N) is 2. The summed E-state index contributed by atoms with van der Waals surface area (Å²) in [5.74, 6) is -1.54. The number of para-hydroxylation sites is 1. The van der Waals surface area contributed by atoms with Gasteiger partial charge < -0.3 is 34.9 Å². The summed E-state index contributed by atoms with van der Waals surface area (Å²) in [5, 5.41) is 16.9. The Balaban J connectivity index is 1.26. The Morgan fingerprint density at radius 2 is 1.94 bits per heavy atom. The lowest BCUT2D eigenvalue weighted by Gasteiger charge is -2.27. The average molecular weight is 697 g/mol. The number of fused-ring (bicyclic) bond motifs is 3. The SMILES string of the molecule is CCCOc1cc(O[C@@H]2C[C@H]3C(=O)N[C@]4(C(=O)O)C[C@H]4/C=C\CCCC[C@H](NC(=O)OC4CCCC4)CC(=O)N3C2)c2cccc(Cl)c2n1. The summed E-state index contributed by atoms with van der Waals surface area (Å²) in [6.07, 6.45) is 10.2. The minimum absolute atomic E-state index is 0.0401. The molecule has 6 rings (SSSR count). The minimum atomic E-state index is -1.42. The first kappa shape index (κ1) is 34.8. The molecule has 3 N–H and O–H groups in total. The molecule has 5 atom stereocenters. The zero-order chi connectivity index (χ0) is 34.5. The summed E-state index contributed by atoms with van der Waals surface area (Å²) in [6, 6.07) is 5.55. The Morgan fingerprint density at radius 3 is 2.71 bits per heavy atom. The molecule has 1 aromatic heterocycles. The van der Waals surface area contributed by atoms with Gasteiger partial charge in [0.15, 0.2) is 0 Å². The van der Waals surface area contributed by atoms with Crippen LogP contribution < -0.4 is 20.1 Å². The lowest BCUT2D eigenvalue weighted by molar-refractivity contribution is -0.145. The van der Waals surface area contributed by atoms with E-state index in [9.17, 15) is 24.3 Å². The molecule has 0 radical (unpaired) electrons. The van der Waals surface area contributed by atoms with Crippen LogP contribution in [-0.2, 0) is 19.1 Å². The van der Waals surface area contributed by atoms with Crippen molar-refractivity contribution in [3.8, 4) is 11.6 Å². The minimum Gasteiger partial charge on any atom is -0.488 e. The third kappa shape index (κ3) is 8.06. The van der Waals surface area contributed by atoms with Crippen LogP contribution in [0.2, 0.25) is 5.02 Å². The number of halogens is 1. The Morgan fingerprint density at radius 1 is 1.14 bits per heavy atom. The third-order valence-corrected chi connectivity index (χ3v) is 10.3. The number of aromatic nitrogens is 1. The molecular weight excluding hydrogens is 652 g/mol. The number of allylic oxidation sites excluding steroid dienone is 1. The highest BCUT2D eigenvalue weighted by atomic mass is 35.5. The van der Waals surface area contributed by atoms with E-state index in [1.807, 2.05) is 25.1 Å². The number of nitrogens with one attached hydrogen (secondary N) is 2. The van der Waals surface area contributed by atoms with Gasteiger partial charge in [-0.25, -0.2) is 14.6 Å². The summed E-state index contributed by atoms with van der Waals surface area (Å²) < 4.78 is 18.0. The number of alkyl carbamates (subject to hydrolysis) is 1. The molecule has 2 aliphatic carbocycles. The largest absolute Gasteiger partial charge is 0.488 e. The van der Waals surface area contributed by atoms with Gasteiger partial charge in [0.2, 0.25) is 17.7 Å². The monoisotopic (exact) mass is 696 g/mol. The van der Waals surface area contributed by atoms with Crippen molar-refractivity contribution in [1.29, 1.82) is 0 Å².